The Hall–Kier alpha value is -1.05. The first-order valence-electron chi connectivity index (χ1n) is 6.24. The number of allylic oxidation sites excluding steroid dienone is 2. The van der Waals surface area contributed by atoms with Crippen molar-refractivity contribution in [2.45, 2.75) is 31.9 Å². The molecule has 0 aliphatic heterocycles. The number of nitrogens with one attached hydrogen (secondary N) is 1. The third-order valence-corrected chi connectivity index (χ3v) is 3.86. The summed E-state index contributed by atoms with van der Waals surface area (Å²) in [4.78, 5) is 11.5. The second-order valence-corrected chi connectivity index (χ2v) is 5.87. The van der Waals surface area contributed by atoms with E-state index in [1.807, 2.05) is 12.1 Å². The van der Waals surface area contributed by atoms with Crippen LogP contribution in [0.4, 0.5) is 18.9 Å². The number of carbonyl (C=O) groups excluding carboxylic acids is 1. The summed E-state index contributed by atoms with van der Waals surface area (Å²) in [7, 11) is 0. The molecule has 20 heavy (non-hydrogen) atoms. The SMILES string of the molecule is O=C(C1=C(Nc2ccc(I)cc2)CCCC1)C(F)(F)F. The fourth-order valence-corrected chi connectivity index (χ4v) is 2.53. The number of hydrogen-bond donors (Lipinski definition) is 1. The van der Waals surface area contributed by atoms with Gasteiger partial charge >= 0.3 is 6.18 Å². The summed E-state index contributed by atoms with van der Waals surface area (Å²) in [6, 6.07) is 7.30. The number of halogens is 4. The number of hydrogen-bond acceptors (Lipinski definition) is 2. The van der Waals surface area contributed by atoms with Gasteiger partial charge in [-0.25, -0.2) is 0 Å². The van der Waals surface area contributed by atoms with Crippen LogP contribution in [0, 0.1) is 3.57 Å². The number of ketones is 1. The van der Waals surface area contributed by atoms with Gasteiger partial charge in [-0.1, -0.05) is 0 Å². The Kier molecular flexibility index (Phi) is 4.72. The number of benzene rings is 1. The second-order valence-electron chi connectivity index (χ2n) is 4.62. The van der Waals surface area contributed by atoms with Crippen molar-refractivity contribution in [1.82, 2.24) is 0 Å². The standard InChI is InChI=1S/C14H13F3INO/c15-14(16,17)13(20)11-3-1-2-4-12(11)19-10-7-5-9(18)6-8-10/h5-8,19H,1-4H2. The van der Waals surface area contributed by atoms with Gasteiger partial charge in [0, 0.05) is 20.5 Å². The number of rotatable bonds is 3. The zero-order chi connectivity index (χ0) is 14.8. The van der Waals surface area contributed by atoms with Crippen molar-refractivity contribution in [1.29, 1.82) is 0 Å². The van der Waals surface area contributed by atoms with E-state index >= 15 is 0 Å². The van der Waals surface area contributed by atoms with Crippen LogP contribution < -0.4 is 5.32 Å². The average Bonchev–Trinajstić information content (AvgIpc) is 2.40. The Bertz CT molecular complexity index is 534. The first-order valence-corrected chi connectivity index (χ1v) is 7.32. The maximum atomic E-state index is 12.6. The van der Waals surface area contributed by atoms with E-state index < -0.39 is 12.0 Å². The Morgan fingerprint density at radius 2 is 1.70 bits per heavy atom. The number of anilines is 1. The van der Waals surface area contributed by atoms with Gasteiger partial charge < -0.3 is 5.32 Å². The van der Waals surface area contributed by atoms with Crippen molar-refractivity contribution in [3.63, 3.8) is 0 Å². The third kappa shape index (κ3) is 3.74. The van der Waals surface area contributed by atoms with Gasteiger partial charge in [0.05, 0.1) is 0 Å². The first kappa shape index (κ1) is 15.3. The first-order chi connectivity index (χ1) is 9.38. The molecule has 108 valence electrons. The fraction of sp³-hybridized carbons (Fsp3) is 0.357. The summed E-state index contributed by atoms with van der Waals surface area (Å²) >= 11 is 2.15. The van der Waals surface area contributed by atoms with Crippen molar-refractivity contribution < 1.29 is 18.0 Å². The zero-order valence-corrected chi connectivity index (χ0v) is 12.7. The van der Waals surface area contributed by atoms with Gasteiger partial charge in [0.1, 0.15) is 0 Å². The molecule has 1 aromatic rings. The lowest BCUT2D eigenvalue weighted by molar-refractivity contribution is -0.166. The van der Waals surface area contributed by atoms with Crippen LogP contribution in [0.3, 0.4) is 0 Å². The molecule has 0 fully saturated rings. The molecule has 0 radical (unpaired) electrons. The molecule has 1 aromatic carbocycles. The monoisotopic (exact) mass is 395 g/mol. The van der Waals surface area contributed by atoms with E-state index in [1.165, 1.54) is 0 Å². The molecule has 0 saturated heterocycles. The quantitative estimate of drug-likeness (QED) is 0.755. The molecule has 0 heterocycles. The van der Waals surface area contributed by atoms with Crippen LogP contribution in [0.2, 0.25) is 0 Å². The molecule has 6 heteroatoms. The molecular formula is C14H13F3INO. The Balaban J connectivity index is 2.27. The molecule has 0 bridgehead atoms. The molecule has 1 N–H and O–H groups in total. The van der Waals surface area contributed by atoms with Gasteiger partial charge in [0.2, 0.25) is 0 Å². The summed E-state index contributed by atoms with van der Waals surface area (Å²) in [6.45, 7) is 0. The lowest BCUT2D eigenvalue weighted by atomic mass is 9.93. The van der Waals surface area contributed by atoms with Crippen LogP contribution in [0.1, 0.15) is 25.7 Å². The van der Waals surface area contributed by atoms with Crippen molar-refractivity contribution >= 4 is 34.1 Å². The minimum atomic E-state index is -4.80. The summed E-state index contributed by atoms with van der Waals surface area (Å²) < 4.78 is 38.8. The summed E-state index contributed by atoms with van der Waals surface area (Å²) in [5.41, 5.74) is 0.983. The van der Waals surface area contributed by atoms with Gasteiger partial charge in [-0.3, -0.25) is 4.79 Å². The molecule has 2 nitrogen and oxygen atoms in total. The maximum Gasteiger partial charge on any atom is 0.454 e. The summed E-state index contributed by atoms with van der Waals surface area (Å²) in [6.07, 6.45) is -2.73. The predicted molar refractivity (Wildman–Crippen MR) is 79.3 cm³/mol. The molecule has 1 aliphatic rings. The molecule has 0 spiro atoms. The summed E-state index contributed by atoms with van der Waals surface area (Å²) in [5.74, 6) is -1.72. The van der Waals surface area contributed by atoms with Crippen LogP contribution in [-0.4, -0.2) is 12.0 Å². The van der Waals surface area contributed by atoms with Crippen LogP contribution in [-0.2, 0) is 4.79 Å². The topological polar surface area (TPSA) is 29.1 Å². The number of carbonyl (C=O) groups is 1. The predicted octanol–water partition coefficient (Wildman–Crippen LogP) is 4.66. The highest BCUT2D eigenvalue weighted by molar-refractivity contribution is 14.1. The van der Waals surface area contributed by atoms with Gasteiger partial charge in [-0.15, -0.1) is 0 Å². The Morgan fingerprint density at radius 3 is 2.30 bits per heavy atom. The molecule has 1 aliphatic carbocycles. The van der Waals surface area contributed by atoms with E-state index in [0.29, 0.717) is 24.2 Å². The third-order valence-electron chi connectivity index (χ3n) is 3.14. The van der Waals surface area contributed by atoms with Crippen LogP contribution in [0.5, 0.6) is 0 Å². The highest BCUT2D eigenvalue weighted by Crippen LogP contribution is 2.31. The van der Waals surface area contributed by atoms with E-state index in [2.05, 4.69) is 27.9 Å². The highest BCUT2D eigenvalue weighted by atomic mass is 127. The van der Waals surface area contributed by atoms with Crippen molar-refractivity contribution in [3.8, 4) is 0 Å². The lowest BCUT2D eigenvalue weighted by Crippen LogP contribution is -2.28. The molecule has 0 unspecified atom stereocenters. The van der Waals surface area contributed by atoms with Gasteiger partial charge in [-0.2, -0.15) is 13.2 Å². The fourth-order valence-electron chi connectivity index (χ4n) is 2.17. The van der Waals surface area contributed by atoms with Crippen LogP contribution in [0.25, 0.3) is 0 Å². The average molecular weight is 395 g/mol. The smallest absolute Gasteiger partial charge is 0.359 e. The van der Waals surface area contributed by atoms with Crippen LogP contribution in [0.15, 0.2) is 35.5 Å². The normalized spacial score (nSPS) is 16.2. The Labute approximate surface area is 128 Å². The largest absolute Gasteiger partial charge is 0.454 e. The lowest BCUT2D eigenvalue weighted by Gasteiger charge is -2.21. The van der Waals surface area contributed by atoms with Gasteiger partial charge in [0.25, 0.3) is 5.78 Å². The van der Waals surface area contributed by atoms with E-state index in [1.54, 1.807) is 12.1 Å². The van der Waals surface area contributed by atoms with Crippen molar-refractivity contribution in [2.24, 2.45) is 0 Å². The zero-order valence-electron chi connectivity index (χ0n) is 10.6. The molecular weight excluding hydrogens is 382 g/mol. The molecule has 0 saturated carbocycles. The number of Topliss-reactive ketones (excluding diaryl/α,β-unsaturated/α-hetero) is 1. The summed E-state index contributed by atoms with van der Waals surface area (Å²) in [5, 5.41) is 2.97. The molecule has 0 atom stereocenters. The minimum Gasteiger partial charge on any atom is -0.359 e. The van der Waals surface area contributed by atoms with Gasteiger partial charge in [0.15, 0.2) is 0 Å². The van der Waals surface area contributed by atoms with E-state index in [0.717, 1.165) is 9.99 Å². The van der Waals surface area contributed by atoms with E-state index in [9.17, 15) is 18.0 Å². The molecule has 0 aromatic heterocycles. The van der Waals surface area contributed by atoms with E-state index in [4.69, 9.17) is 0 Å². The molecule has 2 rings (SSSR count). The highest BCUT2D eigenvalue weighted by Gasteiger charge is 2.41. The Morgan fingerprint density at radius 1 is 1.10 bits per heavy atom. The second kappa shape index (κ2) is 6.15. The van der Waals surface area contributed by atoms with Crippen molar-refractivity contribution in [2.75, 3.05) is 5.32 Å². The van der Waals surface area contributed by atoms with Crippen molar-refractivity contribution in [3.05, 3.63) is 39.1 Å². The number of alkyl halides is 3. The molecule has 0 amide bonds. The minimum absolute atomic E-state index is 0.123. The maximum absolute atomic E-state index is 12.6. The van der Waals surface area contributed by atoms with Gasteiger partial charge in [-0.05, 0) is 72.5 Å². The van der Waals surface area contributed by atoms with Crippen LogP contribution >= 0.6 is 22.6 Å². The van der Waals surface area contributed by atoms with E-state index in [-0.39, 0.29) is 12.0 Å².